The summed E-state index contributed by atoms with van der Waals surface area (Å²) in [4.78, 5) is 12.0. The lowest BCUT2D eigenvalue weighted by atomic mass is 10.1. The third-order valence-corrected chi connectivity index (χ3v) is 3.48. The number of carbonyl (C=O) groups excluding carboxylic acids is 1. The maximum atomic E-state index is 12.0. The molecule has 0 bridgehead atoms. The number of aromatic nitrogens is 3. The predicted octanol–water partition coefficient (Wildman–Crippen LogP) is 1.17. The summed E-state index contributed by atoms with van der Waals surface area (Å²) in [5.41, 5.74) is 0.387. The fourth-order valence-electron chi connectivity index (χ4n) is 2.31. The Bertz CT molecular complexity index is 446. The van der Waals surface area contributed by atoms with Crippen LogP contribution >= 0.6 is 12.4 Å². The van der Waals surface area contributed by atoms with E-state index in [1.54, 1.807) is 6.20 Å². The molecule has 126 valence electrons. The monoisotopic (exact) mass is 331 g/mol. The molecule has 1 fully saturated rings. The first kappa shape index (κ1) is 18.9. The van der Waals surface area contributed by atoms with Gasteiger partial charge in [0.05, 0.1) is 18.3 Å². The maximum absolute atomic E-state index is 12.0. The molecular formula is C14H26ClN5O2. The normalized spacial score (nSPS) is 15.6. The maximum Gasteiger partial charge on any atom is 0.273 e. The van der Waals surface area contributed by atoms with Crippen molar-refractivity contribution in [2.75, 3.05) is 26.2 Å². The van der Waals surface area contributed by atoms with Crippen LogP contribution < -0.4 is 10.6 Å². The molecule has 2 rings (SSSR count). The van der Waals surface area contributed by atoms with Gasteiger partial charge in [0.1, 0.15) is 0 Å². The molecule has 2 heterocycles. The third-order valence-electron chi connectivity index (χ3n) is 3.48. The van der Waals surface area contributed by atoms with E-state index in [4.69, 9.17) is 4.74 Å². The van der Waals surface area contributed by atoms with Crippen LogP contribution in [0.3, 0.4) is 0 Å². The van der Waals surface area contributed by atoms with Gasteiger partial charge in [-0.3, -0.25) is 4.79 Å². The lowest BCUT2D eigenvalue weighted by Crippen LogP contribution is -2.29. The predicted molar refractivity (Wildman–Crippen MR) is 86.4 cm³/mol. The van der Waals surface area contributed by atoms with Crippen LogP contribution in [-0.2, 0) is 4.74 Å². The second-order valence-corrected chi connectivity index (χ2v) is 5.59. The van der Waals surface area contributed by atoms with Crippen molar-refractivity contribution in [3.8, 4) is 0 Å². The number of nitrogens with zero attached hydrogens (tertiary/aromatic N) is 3. The van der Waals surface area contributed by atoms with Crippen molar-refractivity contribution in [1.29, 1.82) is 0 Å². The molecule has 0 aromatic carbocycles. The van der Waals surface area contributed by atoms with E-state index in [1.165, 1.54) is 0 Å². The van der Waals surface area contributed by atoms with E-state index in [9.17, 15) is 4.79 Å². The van der Waals surface area contributed by atoms with Gasteiger partial charge in [0.15, 0.2) is 5.69 Å². The zero-order valence-electron chi connectivity index (χ0n) is 13.2. The van der Waals surface area contributed by atoms with Gasteiger partial charge in [0.2, 0.25) is 0 Å². The molecule has 2 N–H and O–H groups in total. The zero-order chi connectivity index (χ0) is 15.1. The average molecular weight is 332 g/mol. The summed E-state index contributed by atoms with van der Waals surface area (Å²) in [6, 6.07) is 0.347. The molecule has 7 nitrogen and oxygen atoms in total. The molecule has 0 spiro atoms. The lowest BCUT2D eigenvalue weighted by molar-refractivity contribution is 0.0756. The van der Waals surface area contributed by atoms with Gasteiger partial charge in [-0.2, -0.15) is 0 Å². The Balaban J connectivity index is 0.00000242. The molecule has 0 saturated carbocycles. The number of carbonyl (C=O) groups is 1. The van der Waals surface area contributed by atoms with Crippen LogP contribution in [0.5, 0.6) is 0 Å². The standard InChI is InChI=1S/C14H25N5O2.ClH/c1-11(2)21-9-3-6-16-14(20)13-10-19(18-17-13)12-4-7-15-8-5-12;/h10-12,15H,3-9H2,1-2H3,(H,16,20);1H. The molecule has 0 unspecified atom stereocenters. The first-order chi connectivity index (χ1) is 10.2. The Hall–Kier alpha value is -1.18. The molecule has 1 aliphatic heterocycles. The fourth-order valence-corrected chi connectivity index (χ4v) is 2.31. The van der Waals surface area contributed by atoms with E-state index in [0.29, 0.717) is 24.9 Å². The number of piperidine rings is 1. The fraction of sp³-hybridized carbons (Fsp3) is 0.786. The highest BCUT2D eigenvalue weighted by Crippen LogP contribution is 2.16. The van der Waals surface area contributed by atoms with Gasteiger partial charge < -0.3 is 15.4 Å². The van der Waals surface area contributed by atoms with Crippen LogP contribution in [0.2, 0.25) is 0 Å². The Morgan fingerprint density at radius 3 is 2.91 bits per heavy atom. The van der Waals surface area contributed by atoms with E-state index in [1.807, 2.05) is 18.5 Å². The van der Waals surface area contributed by atoms with Crippen LogP contribution in [0.1, 0.15) is 49.6 Å². The minimum absolute atomic E-state index is 0. The quantitative estimate of drug-likeness (QED) is 0.733. The average Bonchev–Trinajstić information content (AvgIpc) is 2.97. The van der Waals surface area contributed by atoms with Crippen molar-refractivity contribution in [1.82, 2.24) is 25.6 Å². The van der Waals surface area contributed by atoms with Crippen molar-refractivity contribution < 1.29 is 9.53 Å². The van der Waals surface area contributed by atoms with Crippen LogP contribution in [0.15, 0.2) is 6.20 Å². The number of halogens is 1. The second kappa shape index (κ2) is 9.76. The van der Waals surface area contributed by atoms with Crippen LogP contribution in [-0.4, -0.2) is 53.2 Å². The summed E-state index contributed by atoms with van der Waals surface area (Å²) in [5, 5.41) is 14.2. The molecule has 0 atom stereocenters. The first-order valence-electron chi connectivity index (χ1n) is 7.69. The molecule has 1 aliphatic rings. The summed E-state index contributed by atoms with van der Waals surface area (Å²) < 4.78 is 7.24. The topological polar surface area (TPSA) is 81.1 Å². The molecule has 0 radical (unpaired) electrons. The molecule has 8 heteroatoms. The number of nitrogens with one attached hydrogen (secondary N) is 2. The summed E-state index contributed by atoms with van der Waals surface area (Å²) in [6.45, 7) is 7.21. The molecule has 1 saturated heterocycles. The number of rotatable bonds is 7. The van der Waals surface area contributed by atoms with Crippen LogP contribution in [0.25, 0.3) is 0 Å². The molecule has 0 aliphatic carbocycles. The van der Waals surface area contributed by atoms with Crippen molar-refractivity contribution in [3.63, 3.8) is 0 Å². The van der Waals surface area contributed by atoms with Gasteiger partial charge in [0, 0.05) is 13.2 Å². The van der Waals surface area contributed by atoms with Gasteiger partial charge in [-0.15, -0.1) is 17.5 Å². The third kappa shape index (κ3) is 5.90. The molecular weight excluding hydrogens is 306 g/mol. The smallest absolute Gasteiger partial charge is 0.273 e. The summed E-state index contributed by atoms with van der Waals surface area (Å²) in [7, 11) is 0. The zero-order valence-corrected chi connectivity index (χ0v) is 14.1. The number of hydrogen-bond donors (Lipinski definition) is 2. The first-order valence-corrected chi connectivity index (χ1v) is 7.69. The van der Waals surface area contributed by atoms with Crippen molar-refractivity contribution in [2.24, 2.45) is 0 Å². The number of ether oxygens (including phenoxy) is 1. The number of hydrogen-bond acceptors (Lipinski definition) is 5. The molecule has 1 aromatic heterocycles. The molecule has 1 aromatic rings. The van der Waals surface area contributed by atoms with Gasteiger partial charge in [-0.05, 0) is 46.2 Å². The highest BCUT2D eigenvalue weighted by atomic mass is 35.5. The van der Waals surface area contributed by atoms with Crippen molar-refractivity contribution >= 4 is 18.3 Å². The van der Waals surface area contributed by atoms with Gasteiger partial charge in [-0.1, -0.05) is 5.21 Å². The van der Waals surface area contributed by atoms with Gasteiger partial charge in [0.25, 0.3) is 5.91 Å². The van der Waals surface area contributed by atoms with E-state index in [2.05, 4.69) is 20.9 Å². The van der Waals surface area contributed by atoms with Crippen LogP contribution in [0.4, 0.5) is 0 Å². The van der Waals surface area contributed by atoms with E-state index in [0.717, 1.165) is 32.4 Å². The van der Waals surface area contributed by atoms with Gasteiger partial charge in [-0.25, -0.2) is 4.68 Å². The Kier molecular flexibility index (Phi) is 8.37. The van der Waals surface area contributed by atoms with Gasteiger partial charge >= 0.3 is 0 Å². The lowest BCUT2D eigenvalue weighted by Gasteiger charge is -2.22. The minimum Gasteiger partial charge on any atom is -0.379 e. The van der Waals surface area contributed by atoms with Crippen molar-refractivity contribution in [2.45, 2.75) is 45.3 Å². The van der Waals surface area contributed by atoms with E-state index < -0.39 is 0 Å². The van der Waals surface area contributed by atoms with Crippen molar-refractivity contribution in [3.05, 3.63) is 11.9 Å². The summed E-state index contributed by atoms with van der Waals surface area (Å²) in [6.07, 6.45) is 4.82. The van der Waals surface area contributed by atoms with E-state index >= 15 is 0 Å². The minimum atomic E-state index is -0.167. The summed E-state index contributed by atoms with van der Waals surface area (Å²) >= 11 is 0. The Morgan fingerprint density at radius 1 is 1.50 bits per heavy atom. The molecule has 22 heavy (non-hydrogen) atoms. The Labute approximate surface area is 137 Å². The van der Waals surface area contributed by atoms with E-state index in [-0.39, 0.29) is 24.4 Å². The highest BCUT2D eigenvalue weighted by Gasteiger charge is 2.18. The molecule has 1 amide bonds. The highest BCUT2D eigenvalue weighted by molar-refractivity contribution is 5.91. The Morgan fingerprint density at radius 2 is 2.23 bits per heavy atom. The summed E-state index contributed by atoms with van der Waals surface area (Å²) in [5.74, 6) is -0.167. The number of amides is 1. The second-order valence-electron chi connectivity index (χ2n) is 5.59. The largest absolute Gasteiger partial charge is 0.379 e. The van der Waals surface area contributed by atoms with Crippen LogP contribution in [0, 0.1) is 0 Å². The SMILES string of the molecule is CC(C)OCCCNC(=O)c1cn(C2CCNCC2)nn1.Cl.